The van der Waals surface area contributed by atoms with Crippen LogP contribution in [-0.4, -0.2) is 87.4 Å². The molecule has 0 radical (unpaired) electrons. The van der Waals surface area contributed by atoms with E-state index in [-0.39, 0.29) is 38.2 Å². The molecule has 0 aromatic rings. The van der Waals surface area contributed by atoms with Gasteiger partial charge in [0.25, 0.3) is 6.29 Å². The number of unbranched alkanes of at least 4 members (excludes halogenated alkanes) is 45. The number of quaternary nitrogens is 1. The predicted octanol–water partition coefficient (Wildman–Crippen LogP) is 24.4. The van der Waals surface area contributed by atoms with E-state index in [9.17, 15) is 19.5 Å². The van der Waals surface area contributed by atoms with Crippen LogP contribution in [0.5, 0.6) is 0 Å². The molecule has 0 saturated carbocycles. The average Bonchev–Trinajstić information content (AvgIpc) is 3.73. The number of aliphatic carboxylic acids is 1. The molecule has 2 atom stereocenters. The van der Waals surface area contributed by atoms with Gasteiger partial charge >= 0.3 is 17.9 Å². The maximum absolute atomic E-state index is 13.0. The van der Waals surface area contributed by atoms with Crippen molar-refractivity contribution in [3.05, 3.63) is 72.9 Å². The minimum atomic E-state index is -1.51. The average molecular weight is 1260 g/mol. The number of nitrogens with zero attached hydrogens (tertiary/aromatic N) is 1. The van der Waals surface area contributed by atoms with Gasteiger partial charge in [-0.3, -0.25) is 9.59 Å². The van der Waals surface area contributed by atoms with Gasteiger partial charge in [-0.2, -0.15) is 0 Å². The summed E-state index contributed by atoms with van der Waals surface area (Å²) >= 11 is 0. The van der Waals surface area contributed by atoms with E-state index >= 15 is 0 Å². The third-order valence-corrected chi connectivity index (χ3v) is 17.2. The third-order valence-electron chi connectivity index (χ3n) is 17.2. The standard InChI is InChI=1S/C81H147NO8/c1-6-8-10-12-14-16-18-20-22-24-26-28-30-32-34-36-38-39-40-41-42-44-46-48-50-52-54-56-58-60-62-64-66-68-70-72-79(84)90-77(76-89-81(80(85)86)87-74-73-82(3,4)5)75-88-78(83)71-69-67-65-63-61-59-57-55-53-51-49-47-45-43-37-35-33-31-29-27-25-23-21-19-17-15-13-11-9-7-2/h8,10,14,16,20,22,26,28,32,34,38-39,77,81H,6-7,9,11-13,15,17-19,21,23-25,27,29-31,33,35-37,40-76H2,1-5H3/p+1/b10-8-,16-14-,22-20-,28-26-,34-32-,39-38-. The number of hydrogen-bond donors (Lipinski definition) is 1. The Labute approximate surface area is 557 Å². The van der Waals surface area contributed by atoms with Crippen molar-refractivity contribution in [2.45, 2.75) is 379 Å². The molecule has 0 saturated heterocycles. The van der Waals surface area contributed by atoms with E-state index in [0.29, 0.717) is 17.4 Å². The second-order valence-electron chi connectivity index (χ2n) is 27.3. The number of carboxylic acid groups (broad SMARTS) is 1. The van der Waals surface area contributed by atoms with Crippen LogP contribution in [0.2, 0.25) is 0 Å². The van der Waals surface area contributed by atoms with Crippen LogP contribution in [0.25, 0.3) is 0 Å². The smallest absolute Gasteiger partial charge is 0.361 e. The minimum absolute atomic E-state index is 0.178. The van der Waals surface area contributed by atoms with Crippen molar-refractivity contribution in [1.29, 1.82) is 0 Å². The number of allylic oxidation sites excluding steroid dienone is 12. The quantitative estimate of drug-likeness (QED) is 0.0211. The third kappa shape index (κ3) is 72.2. The van der Waals surface area contributed by atoms with Gasteiger partial charge in [0.1, 0.15) is 13.2 Å². The highest BCUT2D eigenvalue weighted by Crippen LogP contribution is 2.19. The number of rotatable bonds is 72. The molecule has 0 fully saturated rings. The summed E-state index contributed by atoms with van der Waals surface area (Å²) in [5.41, 5.74) is 0. The zero-order valence-corrected chi connectivity index (χ0v) is 60.1. The van der Waals surface area contributed by atoms with Gasteiger partial charge in [0, 0.05) is 12.8 Å². The van der Waals surface area contributed by atoms with Crippen molar-refractivity contribution in [3.63, 3.8) is 0 Å². The first kappa shape index (κ1) is 86.7. The minimum Gasteiger partial charge on any atom is -0.477 e. The molecule has 0 aromatic carbocycles. The van der Waals surface area contributed by atoms with E-state index in [2.05, 4.69) is 86.8 Å². The monoisotopic (exact) mass is 1260 g/mol. The normalized spacial score (nSPS) is 13.0. The maximum Gasteiger partial charge on any atom is 0.361 e. The van der Waals surface area contributed by atoms with E-state index in [1.54, 1.807) is 0 Å². The van der Waals surface area contributed by atoms with Crippen molar-refractivity contribution in [2.24, 2.45) is 0 Å². The summed E-state index contributed by atoms with van der Waals surface area (Å²) < 4.78 is 23.0. The summed E-state index contributed by atoms with van der Waals surface area (Å²) in [4.78, 5) is 37.7. The van der Waals surface area contributed by atoms with Gasteiger partial charge in [-0.1, -0.05) is 363 Å². The van der Waals surface area contributed by atoms with Crippen LogP contribution in [0.4, 0.5) is 0 Å². The Kier molecular flexibility index (Phi) is 69.0. The van der Waals surface area contributed by atoms with Crippen molar-refractivity contribution < 1.29 is 42.9 Å². The zero-order chi connectivity index (χ0) is 65.4. The summed E-state index contributed by atoms with van der Waals surface area (Å²) in [5.74, 6) is -1.98. The van der Waals surface area contributed by atoms with Crippen LogP contribution in [0, 0.1) is 0 Å². The summed E-state index contributed by atoms with van der Waals surface area (Å²) in [5, 5.41) is 9.77. The lowest BCUT2D eigenvalue weighted by Crippen LogP contribution is -2.40. The van der Waals surface area contributed by atoms with Gasteiger partial charge in [0.15, 0.2) is 6.10 Å². The SMILES string of the molecule is CC/C=C\C/C=C\C/C=C\C/C=C\C/C=C\C/C=C\CCCCCCCCCCCCCCCCCCC(=O)OC(COC(=O)CCCCCCCCCCCCCCCCCCCCCCCCCCCCCCCC)COC(OCC[N+](C)(C)C)C(=O)O. The Morgan fingerprint density at radius 2 is 0.633 bits per heavy atom. The van der Waals surface area contributed by atoms with E-state index < -0.39 is 18.4 Å². The van der Waals surface area contributed by atoms with Gasteiger partial charge in [0.2, 0.25) is 0 Å². The number of ether oxygens (including phenoxy) is 4. The number of hydrogen-bond acceptors (Lipinski definition) is 7. The summed E-state index contributed by atoms with van der Waals surface area (Å²) in [6.07, 6.45) is 93.3. The lowest BCUT2D eigenvalue weighted by Gasteiger charge is -2.25. The molecule has 524 valence electrons. The van der Waals surface area contributed by atoms with Crippen LogP contribution in [0.3, 0.4) is 0 Å². The fourth-order valence-electron chi connectivity index (χ4n) is 11.4. The number of esters is 2. The number of carbonyl (C=O) groups excluding carboxylic acids is 2. The highest BCUT2D eigenvalue weighted by Gasteiger charge is 2.25. The molecule has 9 heteroatoms. The highest BCUT2D eigenvalue weighted by molar-refractivity contribution is 5.71. The van der Waals surface area contributed by atoms with E-state index in [4.69, 9.17) is 18.9 Å². The Hall–Kier alpha value is -3.27. The van der Waals surface area contributed by atoms with Crippen LogP contribution >= 0.6 is 0 Å². The van der Waals surface area contributed by atoms with E-state index in [0.717, 1.165) is 77.0 Å². The Bertz CT molecular complexity index is 1710. The van der Waals surface area contributed by atoms with Gasteiger partial charge in [-0.25, -0.2) is 4.79 Å². The molecule has 0 amide bonds. The lowest BCUT2D eigenvalue weighted by molar-refractivity contribution is -0.870. The lowest BCUT2D eigenvalue weighted by atomic mass is 10.0. The predicted molar refractivity (Wildman–Crippen MR) is 387 cm³/mol. The second kappa shape index (κ2) is 71.6. The Morgan fingerprint density at radius 3 is 0.944 bits per heavy atom. The summed E-state index contributed by atoms with van der Waals surface area (Å²) in [7, 11) is 5.99. The topological polar surface area (TPSA) is 108 Å². The number of carboxylic acids is 1. The van der Waals surface area contributed by atoms with Crippen LogP contribution in [0.1, 0.15) is 367 Å². The van der Waals surface area contributed by atoms with Crippen molar-refractivity contribution in [2.75, 3.05) is 47.5 Å². The van der Waals surface area contributed by atoms with E-state index in [1.807, 2.05) is 21.1 Å². The molecular formula is C81H148NO8+. The van der Waals surface area contributed by atoms with Gasteiger partial charge < -0.3 is 28.5 Å². The first-order valence-corrected chi connectivity index (χ1v) is 38.6. The van der Waals surface area contributed by atoms with Crippen molar-refractivity contribution >= 4 is 17.9 Å². The molecule has 0 spiro atoms. The molecule has 0 aliphatic rings. The largest absolute Gasteiger partial charge is 0.477 e. The van der Waals surface area contributed by atoms with Crippen LogP contribution in [0.15, 0.2) is 72.9 Å². The molecule has 0 aliphatic carbocycles. The highest BCUT2D eigenvalue weighted by atomic mass is 16.7. The second-order valence-corrected chi connectivity index (χ2v) is 27.3. The molecule has 2 unspecified atom stereocenters. The molecule has 90 heavy (non-hydrogen) atoms. The first-order valence-electron chi connectivity index (χ1n) is 38.6. The molecule has 0 rings (SSSR count). The van der Waals surface area contributed by atoms with Crippen molar-refractivity contribution in [3.8, 4) is 0 Å². The molecule has 0 aromatic heterocycles. The fourth-order valence-corrected chi connectivity index (χ4v) is 11.4. The van der Waals surface area contributed by atoms with Crippen LogP contribution in [-0.2, 0) is 33.3 Å². The number of likely N-dealkylation sites (N-methyl/N-ethyl adjacent to an activating group) is 1. The number of carbonyl (C=O) groups is 3. The van der Waals surface area contributed by atoms with E-state index in [1.165, 1.54) is 263 Å². The van der Waals surface area contributed by atoms with Gasteiger partial charge in [-0.15, -0.1) is 0 Å². The first-order chi connectivity index (χ1) is 44.1. The van der Waals surface area contributed by atoms with Crippen molar-refractivity contribution in [1.82, 2.24) is 0 Å². The molecule has 0 bridgehead atoms. The molecule has 9 nitrogen and oxygen atoms in total. The Balaban J connectivity index is 4.03. The molecular weight excluding hydrogens is 1110 g/mol. The van der Waals surface area contributed by atoms with Gasteiger partial charge in [0.05, 0.1) is 34.4 Å². The Morgan fingerprint density at radius 1 is 0.344 bits per heavy atom. The summed E-state index contributed by atoms with van der Waals surface area (Å²) in [6, 6.07) is 0. The van der Waals surface area contributed by atoms with Gasteiger partial charge in [-0.05, 0) is 64.2 Å². The molecule has 1 N–H and O–H groups in total. The fraction of sp³-hybridized carbons (Fsp3) is 0.815. The zero-order valence-electron chi connectivity index (χ0n) is 60.1. The molecule has 0 heterocycles. The molecule has 0 aliphatic heterocycles. The maximum atomic E-state index is 13.0. The van der Waals surface area contributed by atoms with Crippen LogP contribution < -0.4 is 0 Å². The summed E-state index contributed by atoms with van der Waals surface area (Å²) in [6.45, 7) is 4.83.